The number of hydrogen-bond acceptors (Lipinski definition) is 4. The zero-order chi connectivity index (χ0) is 11.1. The molecule has 2 bridgehead atoms. The Morgan fingerprint density at radius 3 is 2.62 bits per heavy atom. The fourth-order valence-corrected chi connectivity index (χ4v) is 3.78. The Labute approximate surface area is 96.9 Å². The lowest BCUT2D eigenvalue weighted by molar-refractivity contribution is 0.114. The number of rotatable bonds is 1. The van der Waals surface area contributed by atoms with E-state index < -0.39 is 0 Å². The lowest BCUT2D eigenvalue weighted by Gasteiger charge is -2.39. The molecule has 1 aliphatic heterocycles. The second-order valence-electron chi connectivity index (χ2n) is 5.58. The smallest absolute Gasteiger partial charge is 0.0775 e. The molecule has 0 radical (unpaired) electrons. The molecule has 0 amide bonds. The summed E-state index contributed by atoms with van der Waals surface area (Å²) in [4.78, 5) is 4.92. The third-order valence-corrected chi connectivity index (χ3v) is 4.69. The maximum atomic E-state index is 9.19. The molecule has 0 aromatic heterocycles. The molecular formula is C12H21N3O. The maximum absolute atomic E-state index is 9.19. The van der Waals surface area contributed by atoms with E-state index in [1.165, 1.54) is 19.3 Å². The quantitative estimate of drug-likeness (QED) is 0.529. The van der Waals surface area contributed by atoms with Gasteiger partial charge >= 0.3 is 0 Å². The minimum Gasteiger partial charge on any atom is -0.411 e. The summed E-state index contributed by atoms with van der Waals surface area (Å²) in [6.45, 7) is 4.55. The average Bonchev–Trinajstić information content (AvgIpc) is 2.89. The van der Waals surface area contributed by atoms with Crippen LogP contribution in [0, 0.1) is 11.8 Å². The predicted molar refractivity (Wildman–Crippen MR) is 62.9 cm³/mol. The van der Waals surface area contributed by atoms with Gasteiger partial charge < -0.3 is 10.1 Å². The van der Waals surface area contributed by atoms with Gasteiger partial charge in [-0.3, -0.25) is 4.90 Å². The van der Waals surface area contributed by atoms with Gasteiger partial charge in [0.2, 0.25) is 0 Å². The summed E-state index contributed by atoms with van der Waals surface area (Å²) in [5.41, 5.74) is 1.08. The van der Waals surface area contributed by atoms with Crippen LogP contribution in [0.4, 0.5) is 0 Å². The molecule has 2 aliphatic carbocycles. The predicted octanol–water partition coefficient (Wildman–Crippen LogP) is 0.862. The molecular weight excluding hydrogens is 202 g/mol. The number of likely N-dealkylation sites (N-methyl/N-ethyl adjacent to an activating group) is 1. The second kappa shape index (κ2) is 4.00. The van der Waals surface area contributed by atoms with E-state index >= 15 is 0 Å². The van der Waals surface area contributed by atoms with Gasteiger partial charge in [-0.05, 0) is 32.2 Å². The van der Waals surface area contributed by atoms with Gasteiger partial charge in [0.05, 0.1) is 11.8 Å². The van der Waals surface area contributed by atoms with Gasteiger partial charge in [0, 0.05) is 32.1 Å². The second-order valence-corrected chi connectivity index (χ2v) is 5.58. The van der Waals surface area contributed by atoms with Crippen LogP contribution in [0.2, 0.25) is 0 Å². The van der Waals surface area contributed by atoms with Gasteiger partial charge in [-0.2, -0.15) is 0 Å². The van der Waals surface area contributed by atoms with E-state index in [2.05, 4.69) is 22.0 Å². The van der Waals surface area contributed by atoms with Gasteiger partial charge in [0.25, 0.3) is 0 Å². The van der Waals surface area contributed by atoms with E-state index in [0.717, 1.165) is 37.8 Å². The van der Waals surface area contributed by atoms with Crippen molar-refractivity contribution < 1.29 is 5.21 Å². The summed E-state index contributed by atoms with van der Waals surface area (Å²) in [6, 6.07) is 0.456. The zero-order valence-corrected chi connectivity index (χ0v) is 9.97. The third-order valence-electron chi connectivity index (χ3n) is 4.69. The Morgan fingerprint density at radius 1 is 1.19 bits per heavy atom. The molecule has 4 nitrogen and oxygen atoms in total. The number of nitrogens with zero attached hydrogens (tertiary/aromatic N) is 3. The van der Waals surface area contributed by atoms with Crippen molar-refractivity contribution in [3.05, 3.63) is 0 Å². The summed E-state index contributed by atoms with van der Waals surface area (Å²) in [5.74, 6) is 1.35. The maximum Gasteiger partial charge on any atom is 0.0775 e. The first-order valence-electron chi connectivity index (χ1n) is 6.44. The Hall–Kier alpha value is -0.610. The SMILES string of the molecule is CN1CCN([C@H]2/C(=N/O)[C@H]3CC[C@@H]2C3)CC1. The van der Waals surface area contributed by atoms with E-state index in [4.69, 9.17) is 0 Å². The van der Waals surface area contributed by atoms with Crippen LogP contribution in [0.15, 0.2) is 5.16 Å². The van der Waals surface area contributed by atoms with Gasteiger partial charge in [-0.1, -0.05) is 5.16 Å². The molecule has 4 heteroatoms. The lowest BCUT2D eigenvalue weighted by atomic mass is 9.91. The first-order valence-corrected chi connectivity index (χ1v) is 6.44. The molecule has 1 saturated heterocycles. The summed E-state index contributed by atoms with van der Waals surface area (Å²) in [5, 5.41) is 12.8. The van der Waals surface area contributed by atoms with Crippen LogP contribution in [0.5, 0.6) is 0 Å². The van der Waals surface area contributed by atoms with E-state index in [1.807, 2.05) is 0 Å². The molecule has 0 aromatic carbocycles. The Kier molecular flexibility index (Phi) is 2.64. The largest absolute Gasteiger partial charge is 0.411 e. The van der Waals surface area contributed by atoms with E-state index in [1.54, 1.807) is 0 Å². The van der Waals surface area contributed by atoms with Crippen LogP contribution < -0.4 is 0 Å². The summed E-state index contributed by atoms with van der Waals surface area (Å²) in [6.07, 6.45) is 3.84. The van der Waals surface area contributed by atoms with Gasteiger partial charge in [0.1, 0.15) is 0 Å². The molecule has 0 aromatic rings. The standard InChI is InChI=1S/C12H21N3O/c1-14-4-6-15(7-5-14)12-10-3-2-9(8-10)11(12)13-16/h9-10,12,16H,2-8H2,1H3/b13-11+/t9-,10+,12+/m0/s1. The number of piperazine rings is 1. The molecule has 3 fully saturated rings. The molecule has 0 unspecified atom stereocenters. The molecule has 3 aliphatic rings. The van der Waals surface area contributed by atoms with E-state index in [-0.39, 0.29) is 0 Å². The van der Waals surface area contributed by atoms with Gasteiger partial charge in [0.15, 0.2) is 0 Å². The summed E-state index contributed by atoms with van der Waals surface area (Å²) >= 11 is 0. The first kappa shape index (κ1) is 10.5. The minimum absolute atomic E-state index is 0.456. The Morgan fingerprint density at radius 2 is 1.94 bits per heavy atom. The molecule has 3 atom stereocenters. The molecule has 3 rings (SSSR count). The fourth-order valence-electron chi connectivity index (χ4n) is 3.78. The van der Waals surface area contributed by atoms with Crippen LogP contribution in [-0.2, 0) is 0 Å². The fraction of sp³-hybridized carbons (Fsp3) is 0.917. The molecule has 0 spiro atoms. The van der Waals surface area contributed by atoms with Crippen LogP contribution >= 0.6 is 0 Å². The first-order chi connectivity index (χ1) is 7.79. The zero-order valence-electron chi connectivity index (χ0n) is 9.97. The monoisotopic (exact) mass is 223 g/mol. The highest BCUT2D eigenvalue weighted by Crippen LogP contribution is 2.45. The van der Waals surface area contributed by atoms with Crippen molar-refractivity contribution in [1.29, 1.82) is 0 Å². The summed E-state index contributed by atoms with van der Waals surface area (Å²) in [7, 11) is 2.18. The molecule has 2 saturated carbocycles. The molecule has 1 heterocycles. The number of hydrogen-bond donors (Lipinski definition) is 1. The highest BCUT2D eigenvalue weighted by Gasteiger charge is 2.48. The topological polar surface area (TPSA) is 39.1 Å². The van der Waals surface area contributed by atoms with Crippen molar-refractivity contribution in [1.82, 2.24) is 9.80 Å². The van der Waals surface area contributed by atoms with Crippen LogP contribution in [-0.4, -0.2) is 60.0 Å². The van der Waals surface area contributed by atoms with Crippen LogP contribution in [0.25, 0.3) is 0 Å². The van der Waals surface area contributed by atoms with Crippen molar-refractivity contribution >= 4 is 5.71 Å². The van der Waals surface area contributed by atoms with Crippen molar-refractivity contribution in [2.24, 2.45) is 17.0 Å². The highest BCUT2D eigenvalue weighted by molar-refractivity contribution is 5.94. The third kappa shape index (κ3) is 1.55. The normalized spacial score (nSPS) is 43.3. The molecule has 1 N–H and O–H groups in total. The molecule has 16 heavy (non-hydrogen) atoms. The van der Waals surface area contributed by atoms with Gasteiger partial charge in [-0.25, -0.2) is 0 Å². The Balaban J connectivity index is 1.74. The average molecular weight is 223 g/mol. The van der Waals surface area contributed by atoms with Crippen LogP contribution in [0.3, 0.4) is 0 Å². The Bertz CT molecular complexity index is 297. The lowest BCUT2D eigenvalue weighted by Crippen LogP contribution is -2.53. The van der Waals surface area contributed by atoms with Gasteiger partial charge in [-0.15, -0.1) is 0 Å². The number of oxime groups is 1. The highest BCUT2D eigenvalue weighted by atomic mass is 16.4. The van der Waals surface area contributed by atoms with Crippen molar-refractivity contribution in [2.75, 3.05) is 33.2 Å². The van der Waals surface area contributed by atoms with E-state index in [0.29, 0.717) is 12.0 Å². The minimum atomic E-state index is 0.456. The van der Waals surface area contributed by atoms with Crippen LogP contribution in [0.1, 0.15) is 19.3 Å². The van der Waals surface area contributed by atoms with Crippen molar-refractivity contribution in [3.63, 3.8) is 0 Å². The molecule has 90 valence electrons. The number of fused-ring (bicyclic) bond motifs is 2. The van der Waals surface area contributed by atoms with E-state index in [9.17, 15) is 5.21 Å². The summed E-state index contributed by atoms with van der Waals surface area (Å²) < 4.78 is 0. The van der Waals surface area contributed by atoms with Crippen molar-refractivity contribution in [2.45, 2.75) is 25.3 Å². The van der Waals surface area contributed by atoms with Crippen molar-refractivity contribution in [3.8, 4) is 0 Å².